The first-order valence-electron chi connectivity index (χ1n) is 12.7. The maximum atomic E-state index is 13.8. The van der Waals surface area contributed by atoms with E-state index >= 15 is 0 Å². The number of halogens is 3. The molecule has 2 amide bonds. The maximum absolute atomic E-state index is 13.8. The van der Waals surface area contributed by atoms with Crippen LogP contribution in [0.5, 0.6) is 5.75 Å². The normalized spacial score (nSPS) is 17.7. The summed E-state index contributed by atoms with van der Waals surface area (Å²) >= 11 is 0. The van der Waals surface area contributed by atoms with Gasteiger partial charge in [-0.25, -0.2) is 4.98 Å². The number of carbonyl (C=O) groups is 2. The number of nitrogens with one attached hydrogen (secondary N) is 1. The molecule has 1 N–H and O–H groups in total. The number of nitrogens with zero attached hydrogens (tertiary/aromatic N) is 5. The SMILES string of the molecule is COc1cc(C(=O)N2CC[C@@H](NC(=O)c3c(C(F)(F)F)c(C)nn3C)[C@@H](c3ccccc3)C2)cc2c1ncn2C. The highest BCUT2D eigenvalue weighted by Crippen LogP contribution is 2.35. The number of aromatic nitrogens is 4. The average molecular weight is 555 g/mol. The zero-order chi connectivity index (χ0) is 28.8. The number of hydrogen-bond acceptors (Lipinski definition) is 5. The predicted molar refractivity (Wildman–Crippen MR) is 141 cm³/mol. The molecule has 4 aromatic rings. The van der Waals surface area contributed by atoms with Crippen LogP contribution in [0.15, 0.2) is 48.8 Å². The van der Waals surface area contributed by atoms with Crippen molar-refractivity contribution in [3.8, 4) is 5.75 Å². The van der Waals surface area contributed by atoms with Crippen molar-refractivity contribution in [2.24, 2.45) is 14.1 Å². The van der Waals surface area contributed by atoms with Crippen LogP contribution >= 0.6 is 0 Å². The van der Waals surface area contributed by atoms with Gasteiger partial charge in [-0.3, -0.25) is 14.3 Å². The third-order valence-electron chi connectivity index (χ3n) is 7.43. The summed E-state index contributed by atoms with van der Waals surface area (Å²) in [4.78, 5) is 33.0. The van der Waals surface area contributed by atoms with Crippen molar-refractivity contribution < 1.29 is 27.5 Å². The topological polar surface area (TPSA) is 94.3 Å². The number of methoxy groups -OCH3 is 1. The van der Waals surface area contributed by atoms with Crippen LogP contribution in [0.25, 0.3) is 11.0 Å². The van der Waals surface area contributed by atoms with Crippen molar-refractivity contribution in [3.05, 3.63) is 76.9 Å². The summed E-state index contributed by atoms with van der Waals surface area (Å²) in [7, 11) is 4.67. The molecule has 1 aliphatic rings. The van der Waals surface area contributed by atoms with E-state index in [-0.39, 0.29) is 24.1 Å². The highest BCUT2D eigenvalue weighted by molar-refractivity contribution is 5.99. The van der Waals surface area contributed by atoms with Crippen molar-refractivity contribution in [3.63, 3.8) is 0 Å². The largest absolute Gasteiger partial charge is 0.494 e. The molecule has 9 nitrogen and oxygen atoms in total. The maximum Gasteiger partial charge on any atom is 0.420 e. The average Bonchev–Trinajstić information content (AvgIpc) is 3.46. The summed E-state index contributed by atoms with van der Waals surface area (Å²) in [6.07, 6.45) is -2.73. The Balaban J connectivity index is 1.44. The van der Waals surface area contributed by atoms with Crippen LogP contribution < -0.4 is 10.1 Å². The molecular weight excluding hydrogens is 525 g/mol. The van der Waals surface area contributed by atoms with Crippen LogP contribution in [0.3, 0.4) is 0 Å². The van der Waals surface area contributed by atoms with Gasteiger partial charge in [0.1, 0.15) is 22.5 Å². The van der Waals surface area contributed by atoms with E-state index in [2.05, 4.69) is 15.4 Å². The molecule has 0 bridgehead atoms. The van der Waals surface area contributed by atoms with Crippen molar-refractivity contribution in [2.75, 3.05) is 20.2 Å². The van der Waals surface area contributed by atoms with Crippen LogP contribution in [0.1, 0.15) is 50.0 Å². The zero-order valence-corrected chi connectivity index (χ0v) is 22.5. The number of imidazole rings is 1. The summed E-state index contributed by atoms with van der Waals surface area (Å²) in [6, 6.07) is 12.2. The Kier molecular flexibility index (Phi) is 7.03. The van der Waals surface area contributed by atoms with E-state index in [0.717, 1.165) is 15.8 Å². The van der Waals surface area contributed by atoms with Gasteiger partial charge in [0.15, 0.2) is 0 Å². The Morgan fingerprint density at radius 2 is 1.85 bits per heavy atom. The molecule has 1 saturated heterocycles. The molecule has 2 aromatic heterocycles. The lowest BCUT2D eigenvalue weighted by Gasteiger charge is -2.39. The Morgan fingerprint density at radius 1 is 1.12 bits per heavy atom. The summed E-state index contributed by atoms with van der Waals surface area (Å²) in [5.41, 5.74) is 0.846. The van der Waals surface area contributed by atoms with Crippen LogP contribution in [0.2, 0.25) is 0 Å². The van der Waals surface area contributed by atoms with E-state index < -0.39 is 29.4 Å². The molecular formula is C28H29F3N6O3. The van der Waals surface area contributed by atoms with Crippen molar-refractivity contribution >= 4 is 22.8 Å². The summed E-state index contributed by atoms with van der Waals surface area (Å²) in [6.45, 7) is 1.79. The molecule has 3 heterocycles. The Bertz CT molecular complexity index is 1580. The highest BCUT2D eigenvalue weighted by Gasteiger charge is 2.42. The summed E-state index contributed by atoms with van der Waals surface area (Å²) in [5.74, 6) is -0.940. The predicted octanol–water partition coefficient (Wildman–Crippen LogP) is 4.07. The van der Waals surface area contributed by atoms with Gasteiger partial charge in [-0.05, 0) is 31.0 Å². The van der Waals surface area contributed by atoms with Gasteiger partial charge in [0.25, 0.3) is 11.8 Å². The monoisotopic (exact) mass is 554 g/mol. The van der Waals surface area contributed by atoms with E-state index in [0.29, 0.717) is 29.8 Å². The number of carbonyl (C=O) groups excluding carboxylic acids is 2. The fourth-order valence-electron chi connectivity index (χ4n) is 5.50. The quantitative estimate of drug-likeness (QED) is 0.402. The Labute approximate surface area is 228 Å². The molecule has 1 aliphatic heterocycles. The van der Waals surface area contributed by atoms with Gasteiger partial charge >= 0.3 is 6.18 Å². The van der Waals surface area contributed by atoms with Crippen LogP contribution in [0, 0.1) is 6.92 Å². The van der Waals surface area contributed by atoms with Gasteiger partial charge in [0.2, 0.25) is 0 Å². The molecule has 0 unspecified atom stereocenters. The smallest absolute Gasteiger partial charge is 0.420 e. The minimum Gasteiger partial charge on any atom is -0.494 e. The van der Waals surface area contributed by atoms with E-state index in [1.165, 1.54) is 21.1 Å². The molecule has 0 radical (unpaired) electrons. The van der Waals surface area contributed by atoms with Gasteiger partial charge < -0.3 is 19.5 Å². The van der Waals surface area contributed by atoms with E-state index in [4.69, 9.17) is 4.74 Å². The number of aryl methyl sites for hydroxylation is 3. The second-order valence-corrected chi connectivity index (χ2v) is 9.97. The van der Waals surface area contributed by atoms with E-state index in [1.807, 2.05) is 37.4 Å². The lowest BCUT2D eigenvalue weighted by Crippen LogP contribution is -2.51. The molecule has 2 atom stereocenters. The van der Waals surface area contributed by atoms with Gasteiger partial charge in [-0.1, -0.05) is 30.3 Å². The van der Waals surface area contributed by atoms with E-state index in [9.17, 15) is 22.8 Å². The van der Waals surface area contributed by atoms with Crippen molar-refractivity contribution in [2.45, 2.75) is 31.5 Å². The third-order valence-corrected chi connectivity index (χ3v) is 7.43. The number of ether oxygens (including phenoxy) is 1. The first-order valence-corrected chi connectivity index (χ1v) is 12.7. The molecule has 12 heteroatoms. The number of rotatable bonds is 5. The number of benzene rings is 2. The first-order chi connectivity index (χ1) is 19.0. The highest BCUT2D eigenvalue weighted by atomic mass is 19.4. The van der Waals surface area contributed by atoms with Gasteiger partial charge in [-0.2, -0.15) is 18.3 Å². The van der Waals surface area contributed by atoms with Crippen LogP contribution in [0.4, 0.5) is 13.2 Å². The molecule has 0 saturated carbocycles. The number of hydrogen-bond donors (Lipinski definition) is 1. The lowest BCUT2D eigenvalue weighted by molar-refractivity contribution is -0.138. The molecule has 40 heavy (non-hydrogen) atoms. The number of piperidine rings is 1. The van der Waals surface area contributed by atoms with Crippen molar-refractivity contribution in [1.82, 2.24) is 29.5 Å². The van der Waals surface area contributed by atoms with Gasteiger partial charge in [-0.15, -0.1) is 0 Å². The number of likely N-dealkylation sites (tertiary alicyclic amines) is 1. The number of amides is 2. The minimum absolute atomic E-state index is 0.214. The molecule has 2 aromatic carbocycles. The summed E-state index contributed by atoms with van der Waals surface area (Å²) < 4.78 is 49.5. The second-order valence-electron chi connectivity index (χ2n) is 9.97. The standard InChI is InChI=1S/C28H29F3N6O3/c1-16-23(28(29,30)31)25(36(3)34-16)26(38)33-20-10-11-37(14-19(20)17-8-6-5-7-9-17)27(39)18-12-21-24(22(13-18)40-4)32-15-35(21)2/h5-9,12-13,15,19-20H,10-11,14H2,1-4H3,(H,33,38)/t19-,20-/m1/s1. The number of alkyl halides is 3. The molecule has 5 rings (SSSR count). The fraction of sp³-hybridized carbons (Fsp3) is 0.357. The van der Waals surface area contributed by atoms with Crippen molar-refractivity contribution in [1.29, 1.82) is 0 Å². The fourth-order valence-corrected chi connectivity index (χ4v) is 5.50. The van der Waals surface area contributed by atoms with Gasteiger partial charge in [0, 0.05) is 44.7 Å². The zero-order valence-electron chi connectivity index (χ0n) is 22.5. The summed E-state index contributed by atoms with van der Waals surface area (Å²) in [5, 5.41) is 6.67. The molecule has 1 fully saturated rings. The van der Waals surface area contributed by atoms with Crippen LogP contribution in [-0.2, 0) is 20.3 Å². The second kappa shape index (κ2) is 10.3. The Morgan fingerprint density at radius 3 is 2.52 bits per heavy atom. The number of fused-ring (bicyclic) bond motifs is 1. The minimum atomic E-state index is -4.73. The Hall–Kier alpha value is -4.35. The first kappa shape index (κ1) is 27.2. The third kappa shape index (κ3) is 4.89. The van der Waals surface area contributed by atoms with Gasteiger partial charge in [0.05, 0.1) is 24.6 Å². The van der Waals surface area contributed by atoms with Crippen LogP contribution in [-0.4, -0.2) is 62.3 Å². The van der Waals surface area contributed by atoms with E-state index in [1.54, 1.807) is 27.9 Å². The lowest BCUT2D eigenvalue weighted by atomic mass is 9.85. The molecule has 0 aliphatic carbocycles. The molecule has 0 spiro atoms. The molecule has 210 valence electrons.